The first-order valence-corrected chi connectivity index (χ1v) is 6.16. The van der Waals surface area contributed by atoms with Crippen LogP contribution in [0, 0.1) is 13.8 Å². The molecule has 2 rings (SSSR count). The van der Waals surface area contributed by atoms with E-state index in [2.05, 4.69) is 10.1 Å². The SMILES string of the molecule is Cc1ccc(C(O)CCc2cnn(C)c2)c(C)n1. The number of aliphatic hydroxyl groups is 1. The molecular formula is C14H19N3O. The number of nitrogens with zero attached hydrogens (tertiary/aromatic N) is 3. The molecule has 0 bridgehead atoms. The molecule has 1 N–H and O–H groups in total. The fraction of sp³-hybridized carbons (Fsp3) is 0.429. The van der Waals surface area contributed by atoms with Gasteiger partial charge in [0.15, 0.2) is 0 Å². The van der Waals surface area contributed by atoms with Gasteiger partial charge in [-0.2, -0.15) is 5.10 Å². The fourth-order valence-electron chi connectivity index (χ4n) is 2.11. The van der Waals surface area contributed by atoms with Gasteiger partial charge in [-0.25, -0.2) is 0 Å². The molecule has 0 saturated carbocycles. The molecule has 0 spiro atoms. The third kappa shape index (κ3) is 2.96. The van der Waals surface area contributed by atoms with Gasteiger partial charge in [0.25, 0.3) is 0 Å². The Morgan fingerprint density at radius 1 is 1.33 bits per heavy atom. The van der Waals surface area contributed by atoms with Crippen molar-refractivity contribution in [3.05, 3.63) is 47.0 Å². The van der Waals surface area contributed by atoms with E-state index in [4.69, 9.17) is 0 Å². The minimum atomic E-state index is -0.460. The molecule has 4 nitrogen and oxygen atoms in total. The van der Waals surface area contributed by atoms with Crippen molar-refractivity contribution in [2.24, 2.45) is 7.05 Å². The highest BCUT2D eigenvalue weighted by Crippen LogP contribution is 2.21. The summed E-state index contributed by atoms with van der Waals surface area (Å²) in [4.78, 5) is 4.38. The van der Waals surface area contributed by atoms with Gasteiger partial charge in [0.1, 0.15) is 0 Å². The molecule has 0 radical (unpaired) electrons. The smallest absolute Gasteiger partial charge is 0.0810 e. The number of rotatable bonds is 4. The van der Waals surface area contributed by atoms with E-state index in [1.165, 1.54) is 0 Å². The van der Waals surface area contributed by atoms with Gasteiger partial charge in [-0.15, -0.1) is 0 Å². The molecule has 2 aromatic rings. The molecule has 2 aromatic heterocycles. The van der Waals surface area contributed by atoms with E-state index in [1.54, 1.807) is 4.68 Å². The topological polar surface area (TPSA) is 50.9 Å². The van der Waals surface area contributed by atoms with Gasteiger partial charge >= 0.3 is 0 Å². The number of aromatic nitrogens is 3. The summed E-state index contributed by atoms with van der Waals surface area (Å²) in [5.41, 5.74) is 3.96. The average molecular weight is 245 g/mol. The van der Waals surface area contributed by atoms with Gasteiger partial charge in [-0.05, 0) is 38.3 Å². The molecule has 96 valence electrons. The Kier molecular flexibility index (Phi) is 3.77. The van der Waals surface area contributed by atoms with Crippen LogP contribution in [-0.2, 0) is 13.5 Å². The molecule has 0 amide bonds. The Labute approximate surface area is 107 Å². The molecule has 0 aliphatic heterocycles. The van der Waals surface area contributed by atoms with Crippen LogP contribution in [0.4, 0.5) is 0 Å². The highest BCUT2D eigenvalue weighted by atomic mass is 16.3. The largest absolute Gasteiger partial charge is 0.388 e. The standard InChI is InChI=1S/C14H19N3O/c1-10-4-6-13(11(2)16-10)14(18)7-5-12-8-15-17(3)9-12/h4,6,8-9,14,18H,5,7H2,1-3H3. The number of aliphatic hydroxyl groups excluding tert-OH is 1. The maximum atomic E-state index is 10.2. The van der Waals surface area contributed by atoms with Crippen LogP contribution in [0.25, 0.3) is 0 Å². The predicted octanol–water partition coefficient (Wildman–Crippen LogP) is 2.10. The average Bonchev–Trinajstić information content (AvgIpc) is 2.72. The summed E-state index contributed by atoms with van der Waals surface area (Å²) in [5.74, 6) is 0. The number of hydrogen-bond acceptors (Lipinski definition) is 3. The summed E-state index contributed by atoms with van der Waals surface area (Å²) in [5, 5.41) is 14.3. The van der Waals surface area contributed by atoms with E-state index in [0.717, 1.165) is 28.9 Å². The zero-order valence-corrected chi connectivity index (χ0v) is 11.1. The Bertz CT molecular complexity index is 534. The summed E-state index contributed by atoms with van der Waals surface area (Å²) in [6, 6.07) is 3.90. The van der Waals surface area contributed by atoms with Gasteiger partial charge in [0.05, 0.1) is 12.3 Å². The quantitative estimate of drug-likeness (QED) is 0.897. The van der Waals surface area contributed by atoms with Crippen molar-refractivity contribution in [3.63, 3.8) is 0 Å². The Hall–Kier alpha value is -1.68. The van der Waals surface area contributed by atoms with Crippen LogP contribution < -0.4 is 0 Å². The number of hydrogen-bond donors (Lipinski definition) is 1. The zero-order valence-electron chi connectivity index (χ0n) is 11.1. The Morgan fingerprint density at radius 2 is 2.11 bits per heavy atom. The van der Waals surface area contributed by atoms with Crippen LogP contribution in [0.1, 0.15) is 35.0 Å². The lowest BCUT2D eigenvalue weighted by Gasteiger charge is -2.13. The lowest BCUT2D eigenvalue weighted by Crippen LogP contribution is -2.03. The third-order valence-corrected chi connectivity index (χ3v) is 3.09. The van der Waals surface area contributed by atoms with Gasteiger partial charge in [-0.3, -0.25) is 9.67 Å². The second-order valence-electron chi connectivity index (χ2n) is 4.70. The summed E-state index contributed by atoms with van der Waals surface area (Å²) in [6.07, 6.45) is 4.87. The van der Waals surface area contributed by atoms with Crippen molar-refractivity contribution < 1.29 is 5.11 Å². The summed E-state index contributed by atoms with van der Waals surface area (Å²) in [6.45, 7) is 3.90. The summed E-state index contributed by atoms with van der Waals surface area (Å²) < 4.78 is 1.78. The van der Waals surface area contributed by atoms with Crippen LogP contribution in [0.5, 0.6) is 0 Å². The minimum Gasteiger partial charge on any atom is -0.388 e. The van der Waals surface area contributed by atoms with Crippen molar-refractivity contribution in [1.29, 1.82) is 0 Å². The summed E-state index contributed by atoms with van der Waals surface area (Å²) in [7, 11) is 1.90. The van der Waals surface area contributed by atoms with Crippen LogP contribution in [-0.4, -0.2) is 19.9 Å². The highest BCUT2D eigenvalue weighted by molar-refractivity contribution is 5.24. The van der Waals surface area contributed by atoms with E-state index >= 15 is 0 Å². The molecule has 4 heteroatoms. The van der Waals surface area contributed by atoms with Gasteiger partial charge in [-0.1, -0.05) is 6.07 Å². The number of aryl methyl sites for hydroxylation is 4. The molecule has 1 atom stereocenters. The van der Waals surface area contributed by atoms with Gasteiger partial charge in [0.2, 0.25) is 0 Å². The molecule has 0 aliphatic rings. The van der Waals surface area contributed by atoms with E-state index in [-0.39, 0.29) is 0 Å². The maximum absolute atomic E-state index is 10.2. The zero-order chi connectivity index (χ0) is 13.1. The van der Waals surface area contributed by atoms with E-state index < -0.39 is 6.10 Å². The fourth-order valence-corrected chi connectivity index (χ4v) is 2.11. The molecular weight excluding hydrogens is 226 g/mol. The third-order valence-electron chi connectivity index (χ3n) is 3.09. The molecule has 1 unspecified atom stereocenters. The normalized spacial score (nSPS) is 12.7. The summed E-state index contributed by atoms with van der Waals surface area (Å²) >= 11 is 0. The van der Waals surface area contributed by atoms with E-state index in [0.29, 0.717) is 6.42 Å². The Balaban J connectivity index is 2.01. The molecule has 0 aliphatic carbocycles. The second-order valence-corrected chi connectivity index (χ2v) is 4.70. The lowest BCUT2D eigenvalue weighted by molar-refractivity contribution is 0.166. The first-order chi connectivity index (χ1) is 8.56. The monoisotopic (exact) mass is 245 g/mol. The molecule has 0 fully saturated rings. The predicted molar refractivity (Wildman–Crippen MR) is 70.2 cm³/mol. The van der Waals surface area contributed by atoms with Crippen LogP contribution in [0.2, 0.25) is 0 Å². The molecule has 0 saturated heterocycles. The first kappa shape index (κ1) is 12.8. The van der Waals surface area contributed by atoms with Crippen LogP contribution in [0.3, 0.4) is 0 Å². The van der Waals surface area contributed by atoms with Gasteiger partial charge in [0, 0.05) is 30.2 Å². The van der Waals surface area contributed by atoms with Gasteiger partial charge < -0.3 is 5.11 Å². The van der Waals surface area contributed by atoms with Crippen molar-refractivity contribution in [3.8, 4) is 0 Å². The maximum Gasteiger partial charge on any atom is 0.0810 e. The Morgan fingerprint density at radius 3 is 2.72 bits per heavy atom. The lowest BCUT2D eigenvalue weighted by atomic mass is 10.0. The van der Waals surface area contributed by atoms with Crippen LogP contribution in [0.15, 0.2) is 24.5 Å². The van der Waals surface area contributed by atoms with E-state index in [1.807, 2.05) is 45.4 Å². The van der Waals surface area contributed by atoms with Crippen molar-refractivity contribution in [1.82, 2.24) is 14.8 Å². The van der Waals surface area contributed by atoms with Crippen molar-refractivity contribution >= 4 is 0 Å². The van der Waals surface area contributed by atoms with E-state index in [9.17, 15) is 5.11 Å². The minimum absolute atomic E-state index is 0.460. The second kappa shape index (κ2) is 5.31. The van der Waals surface area contributed by atoms with Crippen molar-refractivity contribution in [2.45, 2.75) is 32.8 Å². The number of pyridine rings is 1. The van der Waals surface area contributed by atoms with Crippen molar-refractivity contribution in [2.75, 3.05) is 0 Å². The molecule has 2 heterocycles. The molecule has 0 aromatic carbocycles. The first-order valence-electron chi connectivity index (χ1n) is 6.16. The highest BCUT2D eigenvalue weighted by Gasteiger charge is 2.11. The van der Waals surface area contributed by atoms with Crippen LogP contribution >= 0.6 is 0 Å². The molecule has 18 heavy (non-hydrogen) atoms.